The van der Waals surface area contributed by atoms with Crippen LogP contribution in [0.5, 0.6) is 0 Å². The number of ether oxygens (including phenoxy) is 1. The van der Waals surface area contributed by atoms with Gasteiger partial charge < -0.3 is 40.1 Å². The van der Waals surface area contributed by atoms with Gasteiger partial charge in [-0.15, -0.1) is 11.3 Å². The first kappa shape index (κ1) is 34.1. The highest BCUT2D eigenvalue weighted by Crippen LogP contribution is 2.44. The lowest BCUT2D eigenvalue weighted by molar-refractivity contribution is -0.170. The molecule has 13 nitrogen and oxygen atoms in total. The minimum Gasteiger partial charge on any atom is -0.481 e. The number of nitrogens with zero attached hydrogens (tertiary/aromatic N) is 3. The normalized spacial score (nSPS) is 16.5. The number of amides is 1. The van der Waals surface area contributed by atoms with E-state index in [1.54, 1.807) is 16.2 Å². The van der Waals surface area contributed by atoms with Gasteiger partial charge in [-0.1, -0.05) is 24.3 Å². The first-order chi connectivity index (χ1) is 20.4. The number of aliphatic hydroxyl groups excluding tert-OH is 1. The van der Waals surface area contributed by atoms with Gasteiger partial charge in [0.25, 0.3) is 0 Å². The Morgan fingerprint density at radius 2 is 1.77 bits per heavy atom. The minimum absolute atomic E-state index is 0.00795. The summed E-state index contributed by atoms with van der Waals surface area (Å²) in [6.07, 6.45) is 0.264. The Morgan fingerprint density at radius 1 is 1.12 bits per heavy atom. The van der Waals surface area contributed by atoms with Gasteiger partial charge in [0.2, 0.25) is 5.91 Å². The van der Waals surface area contributed by atoms with Crippen LogP contribution in [0.2, 0.25) is 0 Å². The number of thiazole rings is 1. The average Bonchev–Trinajstić information content (AvgIpc) is 3.60. The monoisotopic (exact) mass is 621 g/mol. The number of carbonyl (C=O) groups is 4. The Balaban J connectivity index is 0.000000331. The van der Waals surface area contributed by atoms with Gasteiger partial charge in [-0.25, -0.2) is 9.78 Å². The van der Waals surface area contributed by atoms with Gasteiger partial charge in [0.15, 0.2) is 5.60 Å². The number of piperidine rings is 1. The number of hydrogen-bond acceptors (Lipinski definition) is 10. The molecule has 43 heavy (non-hydrogen) atoms. The van der Waals surface area contributed by atoms with Crippen LogP contribution in [0.25, 0.3) is 0 Å². The molecule has 1 saturated heterocycles. The molecular formula is C29H39N3O10S. The van der Waals surface area contributed by atoms with Crippen LogP contribution in [0.3, 0.4) is 0 Å². The molecule has 1 aromatic carbocycles. The van der Waals surface area contributed by atoms with Crippen LogP contribution in [-0.4, -0.2) is 109 Å². The second-order valence-corrected chi connectivity index (χ2v) is 11.5. The molecule has 1 unspecified atom stereocenters. The summed E-state index contributed by atoms with van der Waals surface area (Å²) in [6, 6.07) is 8.56. The number of hydrogen-bond donors (Lipinski definition) is 5. The standard InChI is InChI=1S/C23H31N3O3S.C6H8O7/c1-2-26(11-12-27)22(28)19(13-20-16-30-17-24-20)14-25-9-7-23(8-10-25)21-6-4-3-5-18(21)15-29-23;7-3(8)1-6(13,5(11)12)2-4(9)10/h3-6,16-17,19,27H,2,7-15H2,1H3;13H,1-2H2,(H,7,8)(H,9,10)(H,11,12). The summed E-state index contributed by atoms with van der Waals surface area (Å²) in [5.74, 6) is -5.05. The van der Waals surface area contributed by atoms with E-state index < -0.39 is 36.4 Å². The molecule has 2 aliphatic heterocycles. The molecule has 1 fully saturated rings. The maximum Gasteiger partial charge on any atom is 0.336 e. The minimum atomic E-state index is -2.74. The summed E-state index contributed by atoms with van der Waals surface area (Å²) in [5, 5.41) is 45.2. The van der Waals surface area contributed by atoms with E-state index in [1.165, 1.54) is 11.1 Å². The number of benzene rings is 1. The van der Waals surface area contributed by atoms with Crippen molar-refractivity contribution >= 4 is 35.2 Å². The van der Waals surface area contributed by atoms with Gasteiger partial charge in [-0.2, -0.15) is 0 Å². The molecule has 1 spiro atoms. The molecular weight excluding hydrogens is 582 g/mol. The number of fused-ring (bicyclic) bond motifs is 2. The van der Waals surface area contributed by atoms with E-state index in [-0.39, 0.29) is 24.0 Å². The number of carboxylic acid groups (broad SMARTS) is 3. The number of aliphatic hydroxyl groups is 2. The van der Waals surface area contributed by atoms with E-state index in [0.29, 0.717) is 26.1 Å². The second kappa shape index (κ2) is 15.3. The third-order valence-corrected chi connectivity index (χ3v) is 8.43. The number of rotatable bonds is 13. The summed E-state index contributed by atoms with van der Waals surface area (Å²) < 4.78 is 6.29. The van der Waals surface area contributed by atoms with Crippen molar-refractivity contribution in [2.45, 2.75) is 56.8 Å². The quantitative estimate of drug-likeness (QED) is 0.216. The van der Waals surface area contributed by atoms with Crippen LogP contribution in [0.15, 0.2) is 35.2 Å². The van der Waals surface area contributed by atoms with E-state index >= 15 is 0 Å². The molecule has 14 heteroatoms. The Morgan fingerprint density at radius 3 is 2.30 bits per heavy atom. The van der Waals surface area contributed by atoms with Crippen LogP contribution in [0.1, 0.15) is 49.4 Å². The van der Waals surface area contributed by atoms with Crippen LogP contribution in [0, 0.1) is 5.92 Å². The van der Waals surface area contributed by atoms with Crippen molar-refractivity contribution in [3.05, 3.63) is 52.0 Å². The predicted molar refractivity (Wildman–Crippen MR) is 154 cm³/mol. The van der Waals surface area contributed by atoms with E-state index in [2.05, 4.69) is 34.1 Å². The molecule has 2 aromatic rings. The van der Waals surface area contributed by atoms with Crippen molar-refractivity contribution in [2.75, 3.05) is 39.3 Å². The maximum absolute atomic E-state index is 13.2. The zero-order chi connectivity index (χ0) is 31.6. The summed E-state index contributed by atoms with van der Waals surface area (Å²) in [4.78, 5) is 52.3. The van der Waals surface area contributed by atoms with E-state index in [0.717, 1.165) is 38.2 Å². The molecule has 1 atom stereocenters. The van der Waals surface area contributed by atoms with E-state index in [1.807, 2.05) is 17.8 Å². The fourth-order valence-corrected chi connectivity index (χ4v) is 6.12. The van der Waals surface area contributed by atoms with Crippen molar-refractivity contribution in [1.29, 1.82) is 0 Å². The number of likely N-dealkylation sites (tertiary alicyclic amines) is 1. The SMILES string of the molecule is CCN(CCO)C(=O)C(Cc1cscn1)CN1CCC2(CC1)OCc1ccccc12.O=C(O)CC(O)(CC(=O)O)C(=O)O. The molecule has 236 valence electrons. The van der Waals surface area contributed by atoms with Gasteiger partial charge in [0.05, 0.1) is 48.8 Å². The number of likely N-dealkylation sites (N-methyl/N-ethyl adjacent to an activating group) is 1. The fraction of sp³-hybridized carbons (Fsp3) is 0.552. The topological polar surface area (TPSA) is 198 Å². The number of carbonyl (C=O) groups excluding carboxylic acids is 1. The lowest BCUT2D eigenvalue weighted by atomic mass is 9.83. The second-order valence-electron chi connectivity index (χ2n) is 10.7. The third kappa shape index (κ3) is 9.03. The van der Waals surface area contributed by atoms with Gasteiger partial charge in [-0.3, -0.25) is 14.4 Å². The molecule has 0 aliphatic carbocycles. The molecule has 3 heterocycles. The molecule has 1 amide bonds. The van der Waals surface area contributed by atoms with Crippen LogP contribution < -0.4 is 0 Å². The lowest BCUT2D eigenvalue weighted by Gasteiger charge is -2.40. The van der Waals surface area contributed by atoms with E-state index in [4.69, 9.17) is 25.2 Å². The average molecular weight is 622 g/mol. The highest BCUT2D eigenvalue weighted by atomic mass is 32.1. The molecule has 0 saturated carbocycles. The van der Waals surface area contributed by atoms with Crippen LogP contribution in [-0.2, 0) is 42.5 Å². The van der Waals surface area contributed by atoms with Crippen molar-refractivity contribution < 1.29 is 49.4 Å². The van der Waals surface area contributed by atoms with Gasteiger partial charge in [0.1, 0.15) is 0 Å². The van der Waals surface area contributed by atoms with Crippen LogP contribution >= 0.6 is 11.3 Å². The van der Waals surface area contributed by atoms with Gasteiger partial charge in [-0.05, 0) is 30.9 Å². The first-order valence-electron chi connectivity index (χ1n) is 14.0. The highest BCUT2D eigenvalue weighted by Gasteiger charge is 2.43. The summed E-state index contributed by atoms with van der Waals surface area (Å²) in [5.41, 5.74) is 2.55. The Labute approximate surface area is 253 Å². The predicted octanol–water partition coefficient (Wildman–Crippen LogP) is 1.42. The van der Waals surface area contributed by atoms with Crippen LogP contribution in [0.4, 0.5) is 0 Å². The lowest BCUT2D eigenvalue weighted by Crippen LogP contribution is -2.48. The molecule has 0 bridgehead atoms. The van der Waals surface area contributed by atoms with Gasteiger partial charge >= 0.3 is 17.9 Å². The molecule has 1 aromatic heterocycles. The summed E-state index contributed by atoms with van der Waals surface area (Å²) in [7, 11) is 0. The first-order valence-corrected chi connectivity index (χ1v) is 15.0. The smallest absolute Gasteiger partial charge is 0.336 e. The third-order valence-electron chi connectivity index (χ3n) is 7.79. The molecule has 2 aliphatic rings. The molecule has 0 radical (unpaired) electrons. The Kier molecular flexibility index (Phi) is 12.2. The molecule has 5 N–H and O–H groups in total. The van der Waals surface area contributed by atoms with Crippen molar-refractivity contribution in [1.82, 2.24) is 14.8 Å². The van der Waals surface area contributed by atoms with Crippen molar-refractivity contribution in [2.24, 2.45) is 5.92 Å². The number of carboxylic acids is 3. The summed E-state index contributed by atoms with van der Waals surface area (Å²) in [6.45, 7) is 6.21. The fourth-order valence-electron chi connectivity index (χ4n) is 5.54. The Hall–Kier alpha value is -3.43. The van der Waals surface area contributed by atoms with Gasteiger partial charge in [0, 0.05) is 44.5 Å². The van der Waals surface area contributed by atoms with E-state index in [9.17, 15) is 24.3 Å². The maximum atomic E-state index is 13.2. The number of aliphatic carboxylic acids is 3. The Bertz CT molecular complexity index is 1230. The van der Waals surface area contributed by atoms with Crippen molar-refractivity contribution in [3.63, 3.8) is 0 Å². The number of aromatic nitrogens is 1. The zero-order valence-electron chi connectivity index (χ0n) is 24.1. The summed E-state index contributed by atoms with van der Waals surface area (Å²) >= 11 is 1.56. The zero-order valence-corrected chi connectivity index (χ0v) is 24.9. The highest BCUT2D eigenvalue weighted by molar-refractivity contribution is 7.07. The molecule has 4 rings (SSSR count). The largest absolute Gasteiger partial charge is 0.481 e. The van der Waals surface area contributed by atoms with Crippen molar-refractivity contribution in [3.8, 4) is 0 Å².